The second-order valence-corrected chi connectivity index (χ2v) is 4.68. The van der Waals surface area contributed by atoms with Crippen LogP contribution in [-0.2, 0) is 4.79 Å². The first-order chi connectivity index (χ1) is 8.68. The summed E-state index contributed by atoms with van der Waals surface area (Å²) in [4.78, 5) is 23.1. The largest absolute Gasteiger partial charge is 0.481 e. The Balaban J connectivity index is 2.03. The van der Waals surface area contributed by atoms with Crippen LogP contribution >= 0.6 is 0 Å². The van der Waals surface area contributed by atoms with Crippen molar-refractivity contribution in [2.75, 3.05) is 0 Å². The molecular formula is C14H17NO3. The molecule has 0 saturated heterocycles. The van der Waals surface area contributed by atoms with Crippen molar-refractivity contribution in [1.82, 2.24) is 5.32 Å². The maximum absolute atomic E-state index is 12.0. The lowest BCUT2D eigenvalue weighted by atomic mass is 9.84. The van der Waals surface area contributed by atoms with Crippen LogP contribution < -0.4 is 5.32 Å². The van der Waals surface area contributed by atoms with E-state index in [2.05, 4.69) is 5.32 Å². The molecular weight excluding hydrogens is 230 g/mol. The molecule has 2 rings (SSSR count). The third-order valence-corrected chi connectivity index (χ3v) is 3.44. The molecule has 1 aromatic carbocycles. The van der Waals surface area contributed by atoms with Gasteiger partial charge in [0, 0.05) is 11.6 Å². The minimum absolute atomic E-state index is 0.186. The van der Waals surface area contributed by atoms with Gasteiger partial charge in [-0.05, 0) is 25.0 Å². The highest BCUT2D eigenvalue weighted by Gasteiger charge is 2.31. The molecule has 18 heavy (non-hydrogen) atoms. The zero-order chi connectivity index (χ0) is 13.0. The Labute approximate surface area is 106 Å². The van der Waals surface area contributed by atoms with Crippen molar-refractivity contribution in [3.05, 3.63) is 35.9 Å². The normalized spacial score (nSPS) is 23.3. The van der Waals surface area contributed by atoms with E-state index in [-0.39, 0.29) is 11.9 Å². The van der Waals surface area contributed by atoms with E-state index in [1.165, 1.54) is 0 Å². The van der Waals surface area contributed by atoms with Gasteiger partial charge in [-0.15, -0.1) is 0 Å². The van der Waals surface area contributed by atoms with Gasteiger partial charge in [-0.1, -0.05) is 31.0 Å². The first-order valence-electron chi connectivity index (χ1n) is 6.27. The van der Waals surface area contributed by atoms with Crippen molar-refractivity contribution in [1.29, 1.82) is 0 Å². The van der Waals surface area contributed by atoms with Crippen LogP contribution in [-0.4, -0.2) is 23.0 Å². The monoisotopic (exact) mass is 247 g/mol. The molecule has 0 aliphatic heterocycles. The summed E-state index contributed by atoms with van der Waals surface area (Å²) >= 11 is 0. The minimum atomic E-state index is -0.812. The van der Waals surface area contributed by atoms with Gasteiger partial charge in [-0.3, -0.25) is 9.59 Å². The first kappa shape index (κ1) is 12.6. The van der Waals surface area contributed by atoms with Gasteiger partial charge in [0.2, 0.25) is 0 Å². The van der Waals surface area contributed by atoms with Crippen LogP contribution in [0.4, 0.5) is 0 Å². The van der Waals surface area contributed by atoms with Crippen LogP contribution in [0.3, 0.4) is 0 Å². The van der Waals surface area contributed by atoms with Gasteiger partial charge < -0.3 is 10.4 Å². The average Bonchev–Trinajstić information content (AvgIpc) is 2.40. The fraction of sp³-hybridized carbons (Fsp3) is 0.429. The zero-order valence-corrected chi connectivity index (χ0v) is 10.1. The van der Waals surface area contributed by atoms with Crippen molar-refractivity contribution < 1.29 is 14.7 Å². The Hall–Kier alpha value is -1.84. The number of carboxylic acids is 1. The molecule has 0 radical (unpaired) electrons. The molecule has 0 spiro atoms. The van der Waals surface area contributed by atoms with Gasteiger partial charge in [-0.25, -0.2) is 0 Å². The zero-order valence-electron chi connectivity index (χ0n) is 10.1. The maximum atomic E-state index is 12.0. The van der Waals surface area contributed by atoms with E-state index in [1.54, 1.807) is 24.3 Å². The molecule has 2 N–H and O–H groups in total. The Kier molecular flexibility index (Phi) is 3.97. The molecule has 4 nitrogen and oxygen atoms in total. The van der Waals surface area contributed by atoms with Gasteiger partial charge in [-0.2, -0.15) is 0 Å². The lowest BCUT2D eigenvalue weighted by molar-refractivity contribution is -0.143. The predicted octanol–water partition coefficient (Wildman–Crippen LogP) is 2.06. The van der Waals surface area contributed by atoms with E-state index in [1.807, 2.05) is 6.07 Å². The summed E-state index contributed by atoms with van der Waals surface area (Å²) in [7, 11) is 0. The van der Waals surface area contributed by atoms with Crippen molar-refractivity contribution in [3.63, 3.8) is 0 Å². The quantitative estimate of drug-likeness (QED) is 0.859. The number of aliphatic carboxylic acids is 1. The standard InChI is InChI=1S/C14H17NO3/c16-13(10-6-2-1-3-7-10)15-12-9-5-4-8-11(12)14(17)18/h1-3,6-7,11-12H,4-5,8-9H2,(H,15,16)(H,17,18)/t11-,12-/m1/s1. The maximum Gasteiger partial charge on any atom is 0.308 e. The fourth-order valence-electron chi connectivity index (χ4n) is 2.44. The summed E-state index contributed by atoms with van der Waals surface area (Å²) in [5.74, 6) is -1.45. The van der Waals surface area contributed by atoms with Crippen molar-refractivity contribution in [2.24, 2.45) is 5.92 Å². The molecule has 1 fully saturated rings. The van der Waals surface area contributed by atoms with Crippen molar-refractivity contribution in [2.45, 2.75) is 31.7 Å². The molecule has 4 heteroatoms. The molecule has 1 aliphatic rings. The van der Waals surface area contributed by atoms with Gasteiger partial charge in [0.05, 0.1) is 5.92 Å². The van der Waals surface area contributed by atoms with E-state index >= 15 is 0 Å². The number of hydrogen-bond acceptors (Lipinski definition) is 2. The smallest absolute Gasteiger partial charge is 0.308 e. The summed E-state index contributed by atoms with van der Waals surface area (Å²) in [6.45, 7) is 0. The number of nitrogens with one attached hydrogen (secondary N) is 1. The summed E-state index contributed by atoms with van der Waals surface area (Å²) in [6, 6.07) is 8.65. The van der Waals surface area contributed by atoms with E-state index < -0.39 is 11.9 Å². The van der Waals surface area contributed by atoms with Gasteiger partial charge >= 0.3 is 5.97 Å². The second kappa shape index (κ2) is 5.67. The molecule has 1 aromatic rings. The molecule has 0 aromatic heterocycles. The molecule has 2 atom stereocenters. The summed E-state index contributed by atoms with van der Waals surface area (Å²) in [6.07, 6.45) is 3.29. The minimum Gasteiger partial charge on any atom is -0.481 e. The molecule has 0 heterocycles. The Morgan fingerprint density at radius 3 is 2.44 bits per heavy atom. The highest BCUT2D eigenvalue weighted by Crippen LogP contribution is 2.24. The number of rotatable bonds is 3. The number of carbonyl (C=O) groups excluding carboxylic acids is 1. The van der Waals surface area contributed by atoms with E-state index in [4.69, 9.17) is 5.11 Å². The van der Waals surface area contributed by atoms with E-state index in [9.17, 15) is 9.59 Å². The highest BCUT2D eigenvalue weighted by molar-refractivity contribution is 5.94. The Morgan fingerprint density at radius 1 is 1.11 bits per heavy atom. The molecule has 1 aliphatic carbocycles. The topological polar surface area (TPSA) is 66.4 Å². The molecule has 0 bridgehead atoms. The molecule has 1 saturated carbocycles. The van der Waals surface area contributed by atoms with Crippen molar-refractivity contribution >= 4 is 11.9 Å². The Morgan fingerprint density at radius 2 is 1.78 bits per heavy atom. The van der Waals surface area contributed by atoms with Crippen LogP contribution in [0.15, 0.2) is 30.3 Å². The fourth-order valence-corrected chi connectivity index (χ4v) is 2.44. The van der Waals surface area contributed by atoms with Crippen LogP contribution in [0.25, 0.3) is 0 Å². The average molecular weight is 247 g/mol. The SMILES string of the molecule is O=C(N[C@@H]1CCCC[C@H]1C(=O)O)c1ccccc1. The van der Waals surface area contributed by atoms with Crippen LogP contribution in [0.2, 0.25) is 0 Å². The lowest BCUT2D eigenvalue weighted by Crippen LogP contribution is -2.45. The third-order valence-electron chi connectivity index (χ3n) is 3.44. The van der Waals surface area contributed by atoms with Crippen LogP contribution in [0, 0.1) is 5.92 Å². The number of hydrogen-bond donors (Lipinski definition) is 2. The summed E-state index contributed by atoms with van der Waals surface area (Å²) in [5.41, 5.74) is 0.576. The molecule has 96 valence electrons. The van der Waals surface area contributed by atoms with Gasteiger partial charge in [0.15, 0.2) is 0 Å². The van der Waals surface area contributed by atoms with Crippen LogP contribution in [0.1, 0.15) is 36.0 Å². The molecule has 0 unspecified atom stereocenters. The molecule has 1 amide bonds. The van der Waals surface area contributed by atoms with Gasteiger partial charge in [0.25, 0.3) is 5.91 Å². The summed E-state index contributed by atoms with van der Waals surface area (Å²) in [5, 5.41) is 12.0. The number of amides is 1. The predicted molar refractivity (Wildman–Crippen MR) is 67.3 cm³/mol. The number of carboxylic acid groups (broad SMARTS) is 1. The van der Waals surface area contributed by atoms with Crippen molar-refractivity contribution in [3.8, 4) is 0 Å². The lowest BCUT2D eigenvalue weighted by Gasteiger charge is -2.29. The highest BCUT2D eigenvalue weighted by atomic mass is 16.4. The first-order valence-corrected chi connectivity index (χ1v) is 6.27. The van der Waals surface area contributed by atoms with Crippen LogP contribution in [0.5, 0.6) is 0 Å². The van der Waals surface area contributed by atoms with E-state index in [0.717, 1.165) is 19.3 Å². The Bertz CT molecular complexity index is 430. The number of carbonyl (C=O) groups is 2. The number of benzene rings is 1. The third kappa shape index (κ3) is 2.88. The second-order valence-electron chi connectivity index (χ2n) is 4.68. The van der Waals surface area contributed by atoms with E-state index in [0.29, 0.717) is 12.0 Å². The van der Waals surface area contributed by atoms with Gasteiger partial charge in [0.1, 0.15) is 0 Å². The summed E-state index contributed by atoms with van der Waals surface area (Å²) < 4.78 is 0.